The largest absolute Gasteiger partial charge is 0.573 e. The van der Waals surface area contributed by atoms with Crippen molar-refractivity contribution in [3.63, 3.8) is 0 Å². The van der Waals surface area contributed by atoms with Gasteiger partial charge in [0.2, 0.25) is 5.91 Å². The van der Waals surface area contributed by atoms with Crippen molar-refractivity contribution in [1.29, 1.82) is 0 Å². The molecule has 0 saturated carbocycles. The first-order chi connectivity index (χ1) is 13.2. The van der Waals surface area contributed by atoms with E-state index in [9.17, 15) is 18.0 Å². The van der Waals surface area contributed by atoms with Crippen LogP contribution in [0.5, 0.6) is 5.75 Å². The lowest BCUT2D eigenvalue weighted by Gasteiger charge is -2.21. The van der Waals surface area contributed by atoms with Crippen LogP contribution in [-0.2, 0) is 11.2 Å². The zero-order valence-electron chi connectivity index (χ0n) is 15.2. The first kappa shape index (κ1) is 20.6. The maximum Gasteiger partial charge on any atom is 0.573 e. The van der Waals surface area contributed by atoms with Crippen molar-refractivity contribution in [3.8, 4) is 5.75 Å². The van der Waals surface area contributed by atoms with Crippen LogP contribution >= 0.6 is 22.7 Å². The van der Waals surface area contributed by atoms with Gasteiger partial charge in [0.15, 0.2) is 5.13 Å². The third kappa shape index (κ3) is 5.43. The Bertz CT molecular complexity index is 939. The molecular weight excluding hydrogens is 411 g/mol. The molecule has 0 spiro atoms. The smallest absolute Gasteiger partial charge is 0.406 e. The topological polar surface area (TPSA) is 45.7 Å². The lowest BCUT2D eigenvalue weighted by molar-refractivity contribution is -0.274. The highest BCUT2D eigenvalue weighted by atomic mass is 32.1. The summed E-state index contributed by atoms with van der Waals surface area (Å²) in [5, 5.41) is 2.37. The van der Waals surface area contributed by atoms with Gasteiger partial charge < -0.3 is 9.64 Å². The maximum atomic E-state index is 12.9. The number of carbonyl (C=O) groups excluding carboxylic acids is 1. The number of amides is 1. The summed E-state index contributed by atoms with van der Waals surface area (Å²) in [5.41, 5.74) is 0.522. The number of nitrogens with zero attached hydrogens (tertiary/aromatic N) is 3. The second-order valence-corrected chi connectivity index (χ2v) is 8.32. The van der Waals surface area contributed by atoms with Crippen LogP contribution in [0.1, 0.15) is 4.88 Å². The van der Waals surface area contributed by atoms with Crippen molar-refractivity contribution in [3.05, 3.63) is 40.6 Å². The Kier molecular flexibility index (Phi) is 6.21. The molecule has 0 bridgehead atoms. The van der Waals surface area contributed by atoms with Crippen LogP contribution < -0.4 is 9.64 Å². The van der Waals surface area contributed by atoms with Gasteiger partial charge in [0, 0.05) is 24.0 Å². The maximum absolute atomic E-state index is 12.9. The zero-order valence-corrected chi connectivity index (χ0v) is 16.8. The number of thiophene rings is 1. The Morgan fingerprint density at radius 1 is 1.21 bits per heavy atom. The summed E-state index contributed by atoms with van der Waals surface area (Å²) in [6.07, 6.45) is -4.50. The number of benzene rings is 1. The number of anilines is 1. The zero-order chi connectivity index (χ0) is 20.3. The molecule has 0 atom stereocenters. The Labute approximate surface area is 168 Å². The second kappa shape index (κ2) is 8.46. The van der Waals surface area contributed by atoms with Gasteiger partial charge in [-0.15, -0.1) is 24.5 Å². The fraction of sp³-hybridized carbons (Fsp3) is 0.333. The molecule has 0 aliphatic rings. The number of halogens is 3. The summed E-state index contributed by atoms with van der Waals surface area (Å²) < 4.78 is 41.8. The third-order valence-electron chi connectivity index (χ3n) is 3.79. The number of hydrogen-bond acceptors (Lipinski definition) is 6. The number of thiazole rings is 1. The lowest BCUT2D eigenvalue weighted by Crippen LogP contribution is -2.37. The first-order valence-electron chi connectivity index (χ1n) is 8.35. The van der Waals surface area contributed by atoms with Crippen molar-refractivity contribution >= 4 is 43.9 Å². The monoisotopic (exact) mass is 429 g/mol. The molecule has 0 unspecified atom stereocenters. The number of ether oxygens (including phenoxy) is 1. The molecule has 0 aliphatic heterocycles. The molecule has 0 saturated heterocycles. The molecule has 0 radical (unpaired) electrons. The Morgan fingerprint density at radius 3 is 2.64 bits per heavy atom. The van der Waals surface area contributed by atoms with Gasteiger partial charge in [-0.25, -0.2) is 4.98 Å². The van der Waals surface area contributed by atoms with Crippen LogP contribution in [0.4, 0.5) is 18.3 Å². The van der Waals surface area contributed by atoms with Crippen LogP contribution in [0, 0.1) is 0 Å². The number of fused-ring (bicyclic) bond motifs is 1. The molecule has 10 heteroatoms. The molecule has 3 rings (SSSR count). The van der Waals surface area contributed by atoms with Crippen molar-refractivity contribution < 1.29 is 22.7 Å². The Balaban J connectivity index is 1.87. The molecule has 28 heavy (non-hydrogen) atoms. The third-order valence-corrected chi connectivity index (χ3v) is 5.71. The van der Waals surface area contributed by atoms with Crippen LogP contribution in [0.25, 0.3) is 10.2 Å². The first-order valence-corrected chi connectivity index (χ1v) is 10.0. The molecule has 5 nitrogen and oxygen atoms in total. The highest BCUT2D eigenvalue weighted by molar-refractivity contribution is 7.22. The molecule has 0 fully saturated rings. The van der Waals surface area contributed by atoms with E-state index in [1.54, 1.807) is 4.90 Å². The van der Waals surface area contributed by atoms with Gasteiger partial charge in [-0.2, -0.15) is 0 Å². The van der Waals surface area contributed by atoms with E-state index in [-0.39, 0.29) is 18.1 Å². The van der Waals surface area contributed by atoms with E-state index in [0.29, 0.717) is 28.4 Å². The summed E-state index contributed by atoms with van der Waals surface area (Å²) in [6, 6.07) is 7.75. The predicted octanol–water partition coefficient (Wildman–Crippen LogP) is 4.39. The van der Waals surface area contributed by atoms with Crippen molar-refractivity contribution in [2.24, 2.45) is 0 Å². The lowest BCUT2D eigenvalue weighted by atomic mass is 10.3. The predicted molar refractivity (Wildman–Crippen MR) is 105 cm³/mol. The summed E-state index contributed by atoms with van der Waals surface area (Å²) in [4.78, 5) is 21.8. The molecule has 3 aromatic rings. The number of aromatic nitrogens is 1. The second-order valence-electron chi connectivity index (χ2n) is 6.28. The Morgan fingerprint density at radius 2 is 2.00 bits per heavy atom. The summed E-state index contributed by atoms with van der Waals surface area (Å²) in [6.45, 7) is 1.07. The van der Waals surface area contributed by atoms with Gasteiger partial charge in [-0.05, 0) is 37.7 Å². The highest BCUT2D eigenvalue weighted by Gasteiger charge is 2.31. The molecule has 150 valence electrons. The minimum absolute atomic E-state index is 0.102. The average Bonchev–Trinajstić information content (AvgIpc) is 3.22. The SMILES string of the molecule is CN(C)CCN(C(=O)Cc1cccs1)c1nc2ccc(OC(F)(F)F)cc2s1. The molecule has 2 aromatic heterocycles. The van der Waals surface area contributed by atoms with E-state index in [4.69, 9.17) is 0 Å². The average molecular weight is 429 g/mol. The van der Waals surface area contributed by atoms with Gasteiger partial charge in [0.25, 0.3) is 0 Å². The quantitative estimate of drug-likeness (QED) is 0.559. The standard InChI is InChI=1S/C18H18F3N3O2S2/c1-23(2)7-8-24(16(25)11-13-4-3-9-27-13)17-22-14-6-5-12(10-15(14)28-17)26-18(19,20)21/h3-6,9-10H,7-8,11H2,1-2H3. The molecule has 1 aromatic carbocycles. The normalized spacial score (nSPS) is 11.9. The number of rotatable bonds is 7. The van der Waals surface area contributed by atoms with E-state index < -0.39 is 6.36 Å². The number of alkyl halides is 3. The van der Waals surface area contributed by atoms with E-state index in [1.807, 2.05) is 36.5 Å². The van der Waals surface area contributed by atoms with Gasteiger partial charge in [-0.1, -0.05) is 17.4 Å². The summed E-state index contributed by atoms with van der Waals surface area (Å²) >= 11 is 2.67. The van der Waals surface area contributed by atoms with Crippen molar-refractivity contribution in [2.75, 3.05) is 32.1 Å². The van der Waals surface area contributed by atoms with Crippen LogP contribution in [0.3, 0.4) is 0 Å². The van der Waals surface area contributed by atoms with Gasteiger partial charge in [-0.3, -0.25) is 9.69 Å². The van der Waals surface area contributed by atoms with Crippen LogP contribution in [0.15, 0.2) is 35.7 Å². The number of carbonyl (C=O) groups is 1. The fourth-order valence-electron chi connectivity index (χ4n) is 2.49. The molecule has 0 N–H and O–H groups in total. The molecular formula is C18H18F3N3O2S2. The summed E-state index contributed by atoms with van der Waals surface area (Å²) in [5.74, 6) is -0.407. The van der Waals surface area contributed by atoms with Crippen molar-refractivity contribution in [2.45, 2.75) is 12.8 Å². The minimum Gasteiger partial charge on any atom is -0.406 e. The Hall–Kier alpha value is -2.17. The number of likely N-dealkylation sites (N-methyl/N-ethyl adjacent to an activating group) is 1. The molecule has 1 amide bonds. The van der Waals surface area contributed by atoms with Gasteiger partial charge in [0.05, 0.1) is 16.6 Å². The molecule has 0 aliphatic carbocycles. The minimum atomic E-state index is -4.75. The van der Waals surface area contributed by atoms with E-state index in [2.05, 4.69) is 9.72 Å². The molecule has 2 heterocycles. The van der Waals surface area contributed by atoms with E-state index in [0.717, 1.165) is 4.88 Å². The summed E-state index contributed by atoms with van der Waals surface area (Å²) in [7, 11) is 3.81. The van der Waals surface area contributed by atoms with E-state index >= 15 is 0 Å². The van der Waals surface area contributed by atoms with Gasteiger partial charge in [0.1, 0.15) is 5.75 Å². The van der Waals surface area contributed by atoms with Crippen LogP contribution in [0.2, 0.25) is 0 Å². The van der Waals surface area contributed by atoms with E-state index in [1.165, 1.54) is 40.9 Å². The van der Waals surface area contributed by atoms with Gasteiger partial charge >= 0.3 is 6.36 Å². The number of hydrogen-bond donors (Lipinski definition) is 0. The van der Waals surface area contributed by atoms with Crippen LogP contribution in [-0.4, -0.2) is 49.3 Å². The van der Waals surface area contributed by atoms with Crippen molar-refractivity contribution in [1.82, 2.24) is 9.88 Å². The highest BCUT2D eigenvalue weighted by Crippen LogP contribution is 2.33. The fourth-order valence-corrected chi connectivity index (χ4v) is 4.22.